The zero-order valence-corrected chi connectivity index (χ0v) is 14.2. The van der Waals surface area contributed by atoms with Gasteiger partial charge in [-0.15, -0.1) is 0 Å². The number of hydrogen-bond acceptors (Lipinski definition) is 3. The zero-order chi connectivity index (χ0) is 18.6. The molecule has 1 fully saturated rings. The number of primary amides is 1. The predicted octanol–water partition coefficient (Wildman–Crippen LogP) is 2.17. The van der Waals surface area contributed by atoms with Gasteiger partial charge in [0, 0.05) is 18.1 Å². The number of piperidine rings is 1. The van der Waals surface area contributed by atoms with E-state index in [1.807, 2.05) is 0 Å². The molecule has 2 rings (SSSR count). The molecule has 0 aromatic heterocycles. The molecule has 1 aliphatic heterocycles. The highest BCUT2D eigenvalue weighted by molar-refractivity contribution is 6.31. The van der Waals surface area contributed by atoms with Gasteiger partial charge in [-0.3, -0.25) is 14.5 Å². The van der Waals surface area contributed by atoms with Crippen LogP contribution in [-0.4, -0.2) is 36.3 Å². The van der Waals surface area contributed by atoms with E-state index in [1.54, 1.807) is 4.90 Å². The van der Waals surface area contributed by atoms with Crippen LogP contribution in [0.1, 0.15) is 24.0 Å². The lowest BCUT2D eigenvalue weighted by Crippen LogP contribution is -2.45. The summed E-state index contributed by atoms with van der Waals surface area (Å²) in [7, 11) is 0. The summed E-state index contributed by atoms with van der Waals surface area (Å²) < 4.78 is 38.3. The Morgan fingerprint density at radius 1 is 1.36 bits per heavy atom. The normalized spacial score (nSPS) is 18.8. The molecule has 1 aromatic carbocycles. The van der Waals surface area contributed by atoms with Crippen molar-refractivity contribution < 1.29 is 22.8 Å². The second kappa shape index (κ2) is 8.05. The quantitative estimate of drug-likeness (QED) is 0.825. The fourth-order valence-electron chi connectivity index (χ4n) is 2.85. The van der Waals surface area contributed by atoms with Gasteiger partial charge in [-0.25, -0.2) is 0 Å². The molecule has 5 nitrogen and oxygen atoms in total. The third kappa shape index (κ3) is 5.61. The molecule has 1 atom stereocenters. The largest absolute Gasteiger partial charge is 0.416 e. The SMILES string of the molecule is NC(=O)CN1CCCC(C(=O)NCc2cc(C(F)(F)F)ccc2Cl)C1. The highest BCUT2D eigenvalue weighted by Gasteiger charge is 2.31. The highest BCUT2D eigenvalue weighted by atomic mass is 35.5. The monoisotopic (exact) mass is 377 g/mol. The number of likely N-dealkylation sites (tertiary alicyclic amines) is 1. The number of nitrogens with one attached hydrogen (secondary N) is 1. The third-order valence-electron chi connectivity index (χ3n) is 4.08. The highest BCUT2D eigenvalue weighted by Crippen LogP contribution is 2.31. The molecule has 138 valence electrons. The Labute approximate surface area is 148 Å². The number of halogens is 4. The molecule has 0 bridgehead atoms. The van der Waals surface area contributed by atoms with Gasteiger partial charge < -0.3 is 11.1 Å². The number of carbonyl (C=O) groups excluding carboxylic acids is 2. The fourth-order valence-corrected chi connectivity index (χ4v) is 3.03. The van der Waals surface area contributed by atoms with E-state index in [-0.39, 0.29) is 35.5 Å². The maximum Gasteiger partial charge on any atom is 0.416 e. The van der Waals surface area contributed by atoms with Crippen LogP contribution in [0.3, 0.4) is 0 Å². The second-order valence-corrected chi connectivity index (χ2v) is 6.47. The number of amides is 2. The number of carbonyl (C=O) groups is 2. The molecule has 9 heteroatoms. The van der Waals surface area contributed by atoms with Crippen LogP contribution in [0, 0.1) is 5.92 Å². The Morgan fingerprint density at radius 2 is 2.08 bits per heavy atom. The first kappa shape index (κ1) is 19.5. The molecule has 0 saturated carbocycles. The van der Waals surface area contributed by atoms with Crippen molar-refractivity contribution in [2.45, 2.75) is 25.6 Å². The van der Waals surface area contributed by atoms with Crippen LogP contribution in [0.5, 0.6) is 0 Å². The Morgan fingerprint density at radius 3 is 2.72 bits per heavy atom. The van der Waals surface area contributed by atoms with Gasteiger partial charge in [0.2, 0.25) is 11.8 Å². The van der Waals surface area contributed by atoms with E-state index >= 15 is 0 Å². The smallest absolute Gasteiger partial charge is 0.369 e. The summed E-state index contributed by atoms with van der Waals surface area (Å²) in [6, 6.07) is 3.00. The summed E-state index contributed by atoms with van der Waals surface area (Å²) in [5.74, 6) is -1.07. The predicted molar refractivity (Wildman–Crippen MR) is 86.7 cm³/mol. The zero-order valence-electron chi connectivity index (χ0n) is 13.4. The minimum Gasteiger partial charge on any atom is -0.369 e. The fraction of sp³-hybridized carbons (Fsp3) is 0.500. The van der Waals surface area contributed by atoms with Gasteiger partial charge in [-0.2, -0.15) is 13.2 Å². The summed E-state index contributed by atoms with van der Waals surface area (Å²) in [4.78, 5) is 25.1. The molecular formula is C16H19ClF3N3O2. The van der Waals surface area contributed by atoms with Crippen molar-refractivity contribution in [3.05, 3.63) is 34.3 Å². The standard InChI is InChI=1S/C16H19ClF3N3O2/c17-13-4-3-12(16(18,19)20)6-11(13)7-22-15(25)10-2-1-5-23(8-10)9-14(21)24/h3-4,6,10H,1-2,5,7-9H2,(H2,21,24)(H,22,25). The average molecular weight is 378 g/mol. The van der Waals surface area contributed by atoms with Crippen molar-refractivity contribution >= 4 is 23.4 Å². The Balaban J connectivity index is 1.96. The van der Waals surface area contributed by atoms with E-state index in [4.69, 9.17) is 17.3 Å². The first-order valence-corrected chi connectivity index (χ1v) is 8.18. The van der Waals surface area contributed by atoms with Gasteiger partial charge in [-0.1, -0.05) is 11.6 Å². The number of hydrogen-bond donors (Lipinski definition) is 2. The molecule has 0 spiro atoms. The molecule has 1 aliphatic rings. The van der Waals surface area contributed by atoms with Crippen LogP contribution < -0.4 is 11.1 Å². The van der Waals surface area contributed by atoms with Crippen LogP contribution in [0.2, 0.25) is 5.02 Å². The molecule has 0 aliphatic carbocycles. The number of nitrogens with two attached hydrogens (primary N) is 1. The van der Waals surface area contributed by atoms with E-state index in [0.717, 1.165) is 18.6 Å². The lowest BCUT2D eigenvalue weighted by atomic mass is 9.97. The van der Waals surface area contributed by atoms with E-state index in [2.05, 4.69) is 5.32 Å². The van der Waals surface area contributed by atoms with Crippen LogP contribution in [0.15, 0.2) is 18.2 Å². The molecular weight excluding hydrogens is 359 g/mol. The summed E-state index contributed by atoms with van der Waals surface area (Å²) in [6.45, 7) is 1.08. The van der Waals surface area contributed by atoms with Gasteiger partial charge >= 0.3 is 6.18 Å². The molecule has 1 unspecified atom stereocenters. The number of nitrogens with zero attached hydrogens (tertiary/aromatic N) is 1. The Bertz CT molecular complexity index is 652. The minimum atomic E-state index is -4.47. The first-order valence-electron chi connectivity index (χ1n) is 7.81. The molecule has 0 radical (unpaired) electrons. The van der Waals surface area contributed by atoms with Gasteiger partial charge in [0.05, 0.1) is 18.0 Å². The Kier molecular flexibility index (Phi) is 6.29. The number of benzene rings is 1. The van der Waals surface area contributed by atoms with Crippen molar-refractivity contribution in [3.63, 3.8) is 0 Å². The van der Waals surface area contributed by atoms with Crippen molar-refractivity contribution in [2.75, 3.05) is 19.6 Å². The van der Waals surface area contributed by atoms with E-state index < -0.39 is 17.6 Å². The van der Waals surface area contributed by atoms with Crippen LogP contribution in [0.25, 0.3) is 0 Å². The maximum absolute atomic E-state index is 12.8. The Hall–Kier alpha value is -1.80. The van der Waals surface area contributed by atoms with E-state index in [9.17, 15) is 22.8 Å². The molecule has 3 N–H and O–H groups in total. The number of alkyl halides is 3. The topological polar surface area (TPSA) is 75.4 Å². The average Bonchev–Trinajstić information content (AvgIpc) is 2.52. The van der Waals surface area contributed by atoms with Gasteiger partial charge in [0.15, 0.2) is 0 Å². The summed E-state index contributed by atoms with van der Waals surface area (Å²) in [5.41, 5.74) is 4.55. The summed E-state index contributed by atoms with van der Waals surface area (Å²) in [6.07, 6.45) is -3.07. The van der Waals surface area contributed by atoms with Crippen molar-refractivity contribution in [2.24, 2.45) is 11.7 Å². The van der Waals surface area contributed by atoms with Gasteiger partial charge in [0.1, 0.15) is 0 Å². The third-order valence-corrected chi connectivity index (χ3v) is 4.45. The van der Waals surface area contributed by atoms with Gasteiger partial charge in [0.25, 0.3) is 0 Å². The van der Waals surface area contributed by atoms with E-state index in [0.29, 0.717) is 19.5 Å². The molecule has 25 heavy (non-hydrogen) atoms. The summed E-state index contributed by atoms with van der Waals surface area (Å²) >= 11 is 5.92. The first-order chi connectivity index (χ1) is 11.7. The van der Waals surface area contributed by atoms with Crippen molar-refractivity contribution in [1.82, 2.24) is 10.2 Å². The number of rotatable bonds is 5. The van der Waals surface area contributed by atoms with Crippen molar-refractivity contribution in [3.8, 4) is 0 Å². The van der Waals surface area contributed by atoms with Crippen LogP contribution in [0.4, 0.5) is 13.2 Å². The molecule has 1 saturated heterocycles. The maximum atomic E-state index is 12.8. The minimum absolute atomic E-state index is 0.0865. The van der Waals surface area contributed by atoms with Crippen LogP contribution in [-0.2, 0) is 22.3 Å². The molecule has 1 aromatic rings. The van der Waals surface area contributed by atoms with Crippen LogP contribution >= 0.6 is 11.6 Å². The van der Waals surface area contributed by atoms with Crippen molar-refractivity contribution in [1.29, 1.82) is 0 Å². The van der Waals surface area contributed by atoms with E-state index in [1.165, 1.54) is 6.07 Å². The lowest BCUT2D eigenvalue weighted by Gasteiger charge is -2.31. The molecule has 1 heterocycles. The lowest BCUT2D eigenvalue weighted by molar-refractivity contribution is -0.137. The van der Waals surface area contributed by atoms with Gasteiger partial charge in [-0.05, 0) is 43.1 Å². The summed E-state index contributed by atoms with van der Waals surface area (Å²) in [5, 5.41) is 2.79. The molecule has 2 amide bonds. The second-order valence-electron chi connectivity index (χ2n) is 6.06.